The standard InChI is InChI=1S/C19H16N2O3/c20-12-13-1-4-15(5-2-13)21-18(22)19(7-8-19)14-3-6-16-17(11-14)24-10-9-23-16/h1-6,11H,7-10H2,(H,21,22). The summed E-state index contributed by atoms with van der Waals surface area (Å²) in [6.45, 7) is 1.08. The van der Waals surface area contributed by atoms with Crippen molar-refractivity contribution in [1.29, 1.82) is 5.26 Å². The molecule has 1 saturated carbocycles. The Morgan fingerprint density at radius 1 is 1.04 bits per heavy atom. The van der Waals surface area contributed by atoms with E-state index >= 15 is 0 Å². The van der Waals surface area contributed by atoms with Crippen molar-refractivity contribution in [3.8, 4) is 17.6 Å². The molecule has 0 spiro atoms. The van der Waals surface area contributed by atoms with Crippen molar-refractivity contribution in [3.05, 3.63) is 53.6 Å². The van der Waals surface area contributed by atoms with Gasteiger partial charge in [-0.15, -0.1) is 0 Å². The fourth-order valence-corrected chi connectivity index (χ4v) is 2.99. The Hall–Kier alpha value is -3.00. The van der Waals surface area contributed by atoms with E-state index in [0.29, 0.717) is 30.2 Å². The summed E-state index contributed by atoms with van der Waals surface area (Å²) in [7, 11) is 0. The number of nitrogens with one attached hydrogen (secondary N) is 1. The first kappa shape index (κ1) is 14.6. The van der Waals surface area contributed by atoms with E-state index in [4.69, 9.17) is 14.7 Å². The van der Waals surface area contributed by atoms with Crippen molar-refractivity contribution in [1.82, 2.24) is 0 Å². The third kappa shape index (κ3) is 2.46. The Kier molecular flexibility index (Phi) is 3.39. The first-order valence-electron chi connectivity index (χ1n) is 7.93. The third-order valence-corrected chi connectivity index (χ3v) is 4.55. The number of hydrogen-bond donors (Lipinski definition) is 1. The van der Waals surface area contributed by atoms with Crippen LogP contribution in [0.4, 0.5) is 5.69 Å². The van der Waals surface area contributed by atoms with Crippen molar-refractivity contribution in [2.75, 3.05) is 18.5 Å². The predicted octanol–water partition coefficient (Wildman–Crippen LogP) is 3.00. The number of nitriles is 1. The topological polar surface area (TPSA) is 71.4 Å². The maximum atomic E-state index is 12.8. The van der Waals surface area contributed by atoms with Gasteiger partial charge in [0.25, 0.3) is 0 Å². The van der Waals surface area contributed by atoms with Gasteiger partial charge in [0.15, 0.2) is 11.5 Å². The smallest absolute Gasteiger partial charge is 0.235 e. The molecular weight excluding hydrogens is 304 g/mol. The maximum Gasteiger partial charge on any atom is 0.235 e. The Morgan fingerprint density at radius 3 is 2.42 bits per heavy atom. The molecule has 2 aromatic rings. The molecule has 0 unspecified atom stereocenters. The van der Waals surface area contributed by atoms with Crippen molar-refractivity contribution < 1.29 is 14.3 Å². The van der Waals surface area contributed by atoms with E-state index in [0.717, 1.165) is 24.2 Å². The van der Waals surface area contributed by atoms with Crippen LogP contribution in [0.25, 0.3) is 0 Å². The van der Waals surface area contributed by atoms with Crippen LogP contribution in [0.1, 0.15) is 24.0 Å². The van der Waals surface area contributed by atoms with E-state index in [1.54, 1.807) is 24.3 Å². The van der Waals surface area contributed by atoms with Crippen LogP contribution in [0, 0.1) is 11.3 Å². The van der Waals surface area contributed by atoms with Crippen molar-refractivity contribution in [2.45, 2.75) is 18.3 Å². The summed E-state index contributed by atoms with van der Waals surface area (Å²) in [5, 5.41) is 11.8. The normalized spacial score (nSPS) is 16.8. The number of ether oxygens (including phenoxy) is 2. The van der Waals surface area contributed by atoms with E-state index in [1.165, 1.54) is 0 Å². The molecule has 1 aliphatic carbocycles. The number of fused-ring (bicyclic) bond motifs is 1. The average Bonchev–Trinajstić information content (AvgIpc) is 3.44. The molecule has 2 aromatic carbocycles. The van der Waals surface area contributed by atoms with Crippen LogP contribution in [0.5, 0.6) is 11.5 Å². The minimum atomic E-state index is -0.496. The lowest BCUT2D eigenvalue weighted by Gasteiger charge is -2.21. The van der Waals surface area contributed by atoms with Gasteiger partial charge in [0.2, 0.25) is 5.91 Å². The average molecular weight is 320 g/mol. The Balaban J connectivity index is 1.56. The van der Waals surface area contributed by atoms with E-state index in [2.05, 4.69) is 11.4 Å². The van der Waals surface area contributed by atoms with Gasteiger partial charge in [0, 0.05) is 5.69 Å². The van der Waals surface area contributed by atoms with Gasteiger partial charge in [-0.2, -0.15) is 5.26 Å². The van der Waals surface area contributed by atoms with Gasteiger partial charge in [0.1, 0.15) is 13.2 Å². The summed E-state index contributed by atoms with van der Waals surface area (Å²) in [5.74, 6) is 1.41. The lowest BCUT2D eigenvalue weighted by Crippen LogP contribution is -2.28. The lowest BCUT2D eigenvalue weighted by atomic mass is 9.94. The Morgan fingerprint density at radius 2 is 1.75 bits per heavy atom. The molecule has 5 heteroatoms. The fraction of sp³-hybridized carbons (Fsp3) is 0.263. The first-order valence-corrected chi connectivity index (χ1v) is 7.93. The number of benzene rings is 2. The molecule has 0 atom stereocenters. The molecule has 1 fully saturated rings. The van der Waals surface area contributed by atoms with Crippen LogP contribution in [0.15, 0.2) is 42.5 Å². The van der Waals surface area contributed by atoms with Crippen LogP contribution >= 0.6 is 0 Å². The summed E-state index contributed by atoms with van der Waals surface area (Å²) in [4.78, 5) is 12.8. The molecule has 1 N–H and O–H groups in total. The molecule has 4 rings (SSSR count). The van der Waals surface area contributed by atoms with Crippen LogP contribution in [0.3, 0.4) is 0 Å². The van der Waals surface area contributed by atoms with E-state index in [9.17, 15) is 4.79 Å². The van der Waals surface area contributed by atoms with Crippen molar-refractivity contribution in [3.63, 3.8) is 0 Å². The summed E-state index contributed by atoms with van der Waals surface area (Å²) in [6.07, 6.45) is 1.63. The minimum absolute atomic E-state index is 0.0242. The Labute approximate surface area is 139 Å². The number of rotatable bonds is 3. The SMILES string of the molecule is N#Cc1ccc(NC(=O)C2(c3ccc4c(c3)OCCO4)CC2)cc1. The van der Waals surface area contributed by atoms with E-state index in [1.807, 2.05) is 18.2 Å². The molecule has 1 heterocycles. The van der Waals surface area contributed by atoms with Crippen molar-refractivity contribution >= 4 is 11.6 Å². The molecule has 0 radical (unpaired) electrons. The second-order valence-electron chi connectivity index (χ2n) is 6.08. The van der Waals surface area contributed by atoms with Gasteiger partial charge in [-0.25, -0.2) is 0 Å². The second-order valence-corrected chi connectivity index (χ2v) is 6.08. The molecule has 1 aliphatic heterocycles. The quantitative estimate of drug-likeness (QED) is 0.943. The minimum Gasteiger partial charge on any atom is -0.486 e. The highest BCUT2D eigenvalue weighted by Gasteiger charge is 2.51. The number of carbonyl (C=O) groups excluding carboxylic acids is 1. The van der Waals surface area contributed by atoms with Crippen molar-refractivity contribution in [2.24, 2.45) is 0 Å². The number of carbonyl (C=O) groups is 1. The number of hydrogen-bond acceptors (Lipinski definition) is 4. The molecule has 24 heavy (non-hydrogen) atoms. The molecule has 1 amide bonds. The van der Waals surface area contributed by atoms with Gasteiger partial charge < -0.3 is 14.8 Å². The van der Waals surface area contributed by atoms with E-state index in [-0.39, 0.29) is 5.91 Å². The zero-order chi connectivity index (χ0) is 16.6. The molecule has 0 bridgehead atoms. The summed E-state index contributed by atoms with van der Waals surface area (Å²) >= 11 is 0. The molecule has 0 saturated heterocycles. The molecular formula is C19H16N2O3. The number of nitrogens with zero attached hydrogens (tertiary/aromatic N) is 1. The third-order valence-electron chi connectivity index (χ3n) is 4.55. The monoisotopic (exact) mass is 320 g/mol. The summed E-state index contributed by atoms with van der Waals surface area (Å²) in [5.41, 5.74) is 1.73. The molecule has 2 aliphatic rings. The van der Waals surface area contributed by atoms with Crippen LogP contribution < -0.4 is 14.8 Å². The van der Waals surface area contributed by atoms with Gasteiger partial charge in [0.05, 0.1) is 17.0 Å². The van der Waals surface area contributed by atoms with Crippen LogP contribution in [-0.4, -0.2) is 19.1 Å². The highest BCUT2D eigenvalue weighted by Crippen LogP contribution is 2.50. The zero-order valence-corrected chi connectivity index (χ0v) is 13.0. The molecule has 5 nitrogen and oxygen atoms in total. The summed E-state index contributed by atoms with van der Waals surface area (Å²) in [6, 6.07) is 14.7. The predicted molar refractivity (Wildman–Crippen MR) is 88.1 cm³/mol. The van der Waals surface area contributed by atoms with Gasteiger partial charge >= 0.3 is 0 Å². The molecule has 0 aromatic heterocycles. The lowest BCUT2D eigenvalue weighted by molar-refractivity contribution is -0.118. The van der Waals surface area contributed by atoms with Crippen LogP contribution in [0.2, 0.25) is 0 Å². The number of amides is 1. The largest absolute Gasteiger partial charge is 0.486 e. The second kappa shape index (κ2) is 5.57. The maximum absolute atomic E-state index is 12.8. The summed E-state index contributed by atoms with van der Waals surface area (Å²) < 4.78 is 11.2. The first-order chi connectivity index (χ1) is 11.7. The van der Waals surface area contributed by atoms with Gasteiger partial charge in [-0.05, 0) is 54.8 Å². The zero-order valence-electron chi connectivity index (χ0n) is 13.0. The van der Waals surface area contributed by atoms with Gasteiger partial charge in [-0.3, -0.25) is 4.79 Å². The van der Waals surface area contributed by atoms with E-state index < -0.39 is 5.41 Å². The number of anilines is 1. The highest BCUT2D eigenvalue weighted by molar-refractivity contribution is 6.01. The highest BCUT2D eigenvalue weighted by atomic mass is 16.6. The fourth-order valence-electron chi connectivity index (χ4n) is 2.99. The Bertz CT molecular complexity index is 833. The van der Waals surface area contributed by atoms with Gasteiger partial charge in [-0.1, -0.05) is 6.07 Å². The molecule has 120 valence electrons. The van der Waals surface area contributed by atoms with Crippen LogP contribution in [-0.2, 0) is 10.2 Å².